The minimum absolute atomic E-state index is 0.503. The van der Waals surface area contributed by atoms with Gasteiger partial charge in [-0.15, -0.1) is 0 Å². The zero-order valence-electron chi connectivity index (χ0n) is 47.3. The number of hydrogen-bond acceptors (Lipinski definition) is 2. The van der Waals surface area contributed by atoms with Crippen LogP contribution in [0.15, 0.2) is 300 Å². The molecule has 7 nitrogen and oxygen atoms in total. The Morgan fingerprint density at radius 1 is 0.250 bits per heavy atom. The average Bonchev–Trinajstić information content (AvgIpc) is 3.90. The average molecular weight is 1260 g/mol. The van der Waals surface area contributed by atoms with Crippen molar-refractivity contribution in [2.45, 2.75) is 0 Å². The van der Waals surface area contributed by atoms with Gasteiger partial charge in [-0.25, -0.2) is 0 Å². The van der Waals surface area contributed by atoms with Crippen molar-refractivity contribution < 1.29 is 10.0 Å². The van der Waals surface area contributed by atoms with Crippen LogP contribution in [-0.4, -0.2) is 40.8 Å². The monoisotopic (exact) mass is 1260 g/mol. The number of para-hydroxylation sites is 6. The second kappa shape index (κ2) is 21.9. The molecule has 10 heteroatoms. The first kappa shape index (κ1) is 53.3. The van der Waals surface area contributed by atoms with E-state index < -0.39 is 7.12 Å². The molecule has 5 aromatic heterocycles. The molecule has 0 aliphatic heterocycles. The predicted molar refractivity (Wildman–Crippen MR) is 377 cm³/mol. The highest BCUT2D eigenvalue weighted by Gasteiger charge is 2.19. The summed E-state index contributed by atoms with van der Waals surface area (Å²) in [6.07, 6.45) is 0. The van der Waals surface area contributed by atoms with E-state index >= 15 is 0 Å². The van der Waals surface area contributed by atoms with E-state index in [-0.39, 0.29) is 0 Å². The van der Waals surface area contributed by atoms with E-state index in [1.54, 1.807) is 6.07 Å². The quantitative estimate of drug-likeness (QED) is 0.125. The van der Waals surface area contributed by atoms with Gasteiger partial charge in [-0.1, -0.05) is 177 Å². The maximum Gasteiger partial charge on any atom is 0.488 e. The zero-order valence-corrected chi connectivity index (χ0v) is 50.5. The summed E-state index contributed by atoms with van der Waals surface area (Å²) in [6.45, 7) is 0. The second-order valence-corrected chi connectivity index (χ2v) is 24.2. The van der Waals surface area contributed by atoms with Crippen LogP contribution >= 0.6 is 31.9 Å². The van der Waals surface area contributed by atoms with Gasteiger partial charge in [0.1, 0.15) is 0 Å². The van der Waals surface area contributed by atoms with E-state index in [0.717, 1.165) is 47.5 Å². The summed E-state index contributed by atoms with van der Waals surface area (Å²) >= 11 is 6.99. The fourth-order valence-corrected chi connectivity index (χ4v) is 13.8. The lowest BCUT2D eigenvalue weighted by Crippen LogP contribution is -2.29. The number of rotatable bonds is 6. The first-order chi connectivity index (χ1) is 43.3. The lowest BCUT2D eigenvalue weighted by Gasteiger charge is -2.08. The molecule has 0 bridgehead atoms. The Labute approximate surface area is 523 Å². The number of aromatic nitrogens is 5. The highest BCUT2D eigenvalue weighted by Crippen LogP contribution is 2.40. The van der Waals surface area contributed by atoms with Crippen LogP contribution in [-0.2, 0) is 0 Å². The van der Waals surface area contributed by atoms with Crippen LogP contribution in [0.3, 0.4) is 0 Å². The van der Waals surface area contributed by atoms with Crippen molar-refractivity contribution in [3.8, 4) is 39.3 Å². The number of halogens is 2. The van der Waals surface area contributed by atoms with Crippen LogP contribution in [0.4, 0.5) is 0 Å². The third-order valence-electron chi connectivity index (χ3n) is 17.2. The molecular formula is C78H52BBr2N5O2. The Kier molecular flexibility index (Phi) is 13.3. The summed E-state index contributed by atoms with van der Waals surface area (Å²) in [5.74, 6) is 0. The fraction of sp³-hybridized carbons (Fsp3) is 0. The third kappa shape index (κ3) is 9.28. The van der Waals surface area contributed by atoms with Gasteiger partial charge in [-0.2, -0.15) is 0 Å². The molecule has 0 fully saturated rings. The number of fused-ring (bicyclic) bond motifs is 15. The maximum atomic E-state index is 9.43. The van der Waals surface area contributed by atoms with Crippen molar-refractivity contribution in [1.29, 1.82) is 0 Å². The molecule has 5 heterocycles. The lowest BCUT2D eigenvalue weighted by atomic mass is 9.80. The molecule has 0 unspecified atom stereocenters. The largest absolute Gasteiger partial charge is 0.488 e. The van der Waals surface area contributed by atoms with Crippen LogP contribution in [0.25, 0.3) is 148 Å². The molecule has 0 aliphatic rings. The summed E-state index contributed by atoms with van der Waals surface area (Å²) in [4.78, 5) is 7.07. The molecule has 0 radical (unpaired) electrons. The van der Waals surface area contributed by atoms with E-state index in [9.17, 15) is 10.0 Å². The third-order valence-corrected chi connectivity index (χ3v) is 18.2. The minimum Gasteiger partial charge on any atom is -0.423 e. The topological polar surface area (TPSA) is 86.8 Å². The second-order valence-electron chi connectivity index (χ2n) is 22.3. The number of benzene rings is 13. The van der Waals surface area contributed by atoms with Crippen molar-refractivity contribution in [3.05, 3.63) is 300 Å². The molecule has 0 amide bonds. The molecule has 88 heavy (non-hydrogen) atoms. The molecule has 0 atom stereocenters. The van der Waals surface area contributed by atoms with Crippen LogP contribution in [0.1, 0.15) is 0 Å². The van der Waals surface area contributed by atoms with Crippen LogP contribution in [0, 0.1) is 0 Å². The van der Waals surface area contributed by atoms with Crippen molar-refractivity contribution >= 4 is 153 Å². The van der Waals surface area contributed by atoms with Gasteiger partial charge >= 0.3 is 7.12 Å². The van der Waals surface area contributed by atoms with Gasteiger partial charge in [-0.3, -0.25) is 0 Å². The van der Waals surface area contributed by atoms with E-state index in [4.69, 9.17) is 0 Å². The van der Waals surface area contributed by atoms with Crippen LogP contribution in [0.5, 0.6) is 0 Å². The predicted octanol–water partition coefficient (Wildman–Crippen LogP) is 20.2. The van der Waals surface area contributed by atoms with Crippen molar-refractivity contribution in [3.63, 3.8) is 0 Å². The lowest BCUT2D eigenvalue weighted by molar-refractivity contribution is 0.426. The van der Waals surface area contributed by atoms with Gasteiger partial charge in [0.2, 0.25) is 0 Å². The summed E-state index contributed by atoms with van der Waals surface area (Å²) in [5, 5.41) is 31.0. The zero-order chi connectivity index (χ0) is 59.0. The highest BCUT2D eigenvalue weighted by molar-refractivity contribution is 9.10. The van der Waals surface area contributed by atoms with Gasteiger partial charge in [0, 0.05) is 102 Å². The Morgan fingerprint density at radius 3 is 0.909 bits per heavy atom. The molecule has 18 rings (SSSR count). The number of hydrogen-bond donors (Lipinski definition) is 4. The summed E-state index contributed by atoms with van der Waals surface area (Å²) in [6, 6.07) is 103. The van der Waals surface area contributed by atoms with Crippen LogP contribution in [0.2, 0.25) is 0 Å². The van der Waals surface area contributed by atoms with E-state index in [1.165, 1.54) is 110 Å². The number of nitrogens with one attached hydrogen (secondary N) is 2. The highest BCUT2D eigenvalue weighted by atomic mass is 79.9. The number of nitrogens with zero attached hydrogens (tertiary/aromatic N) is 3. The first-order valence-corrected chi connectivity index (χ1v) is 30.9. The molecule has 418 valence electrons. The summed E-state index contributed by atoms with van der Waals surface area (Å²) in [7, 11) is -1.46. The Hall–Kier alpha value is -10.2. The first-order valence-electron chi connectivity index (χ1n) is 29.3. The van der Waals surface area contributed by atoms with Gasteiger partial charge < -0.3 is 33.7 Å². The van der Waals surface area contributed by atoms with Gasteiger partial charge in [-0.05, 0) is 173 Å². The van der Waals surface area contributed by atoms with Gasteiger partial charge in [0.15, 0.2) is 0 Å². The maximum absolute atomic E-state index is 9.43. The molecular weight excluding hydrogens is 1210 g/mol. The SMILES string of the molecule is Brc1ccc2[nH]c3ccc(Br)cc3c2c1.OB(O)c1ccc2c(c1)c1ccccc1n2-c1ccccc1.c1ccc(-n2c3ccccc3c3cc(-c4ccc5[nH]c6ccc(-c7ccc8c(c7)c7ccccc7n8-c7ccccc7)cc6c5c4)ccc32)cc1. The standard InChI is InChI=1S/C48H31N3.C18H14BNO2.C12H7Br2N/c1-3-11-35(12-4-1)50-45-17-9-7-15-37(45)41-29-33(21-25-47(41)50)31-19-23-43-39(27-31)40-28-32(20-24-44(40)49-43)34-22-26-48-42(30-34)38-16-8-10-18-46(38)51(48)36-13-5-2-6-14-36;21-19(22)13-10-11-18-16(12-13)15-8-4-5-9-17(15)20(18)14-6-2-1-3-7-14;13-7-1-3-11-9(5-7)10-6-8(14)2-4-12(10)15-11/h1-30,49H;1-12,21-22H;1-6,15H. The molecule has 0 spiro atoms. The van der Waals surface area contributed by atoms with Crippen molar-refractivity contribution in [2.75, 3.05) is 0 Å². The van der Waals surface area contributed by atoms with Gasteiger partial charge in [0.05, 0.1) is 33.1 Å². The van der Waals surface area contributed by atoms with Crippen molar-refractivity contribution in [1.82, 2.24) is 23.7 Å². The Balaban J connectivity index is 0.000000137. The van der Waals surface area contributed by atoms with Crippen LogP contribution < -0.4 is 5.46 Å². The summed E-state index contributed by atoms with van der Waals surface area (Å²) in [5.41, 5.74) is 20.5. The molecule has 13 aromatic carbocycles. The summed E-state index contributed by atoms with van der Waals surface area (Å²) < 4.78 is 9.15. The number of H-pyrrole nitrogens is 2. The van der Waals surface area contributed by atoms with Gasteiger partial charge in [0.25, 0.3) is 0 Å². The minimum atomic E-state index is -1.46. The Morgan fingerprint density at radius 2 is 0.534 bits per heavy atom. The smallest absolute Gasteiger partial charge is 0.423 e. The molecule has 18 aromatic rings. The fourth-order valence-electron chi connectivity index (χ4n) is 13.1. The molecule has 0 aliphatic carbocycles. The molecule has 4 N–H and O–H groups in total. The molecule has 0 saturated carbocycles. The Bertz CT molecular complexity index is 5440. The normalized spacial score (nSPS) is 11.6. The molecule has 0 saturated heterocycles. The van der Waals surface area contributed by atoms with E-state index in [1.807, 2.05) is 54.6 Å². The van der Waals surface area contributed by atoms with Crippen molar-refractivity contribution in [2.24, 2.45) is 0 Å². The number of aromatic amines is 2. The van der Waals surface area contributed by atoms with E-state index in [0.29, 0.717) is 5.46 Å². The van der Waals surface area contributed by atoms with E-state index in [2.05, 4.69) is 286 Å².